The maximum Gasteiger partial charge on any atom is 0.341 e. The molecule has 0 spiro atoms. The van der Waals surface area contributed by atoms with Crippen LogP contribution in [-0.4, -0.2) is 16.2 Å². The van der Waals surface area contributed by atoms with Gasteiger partial charge in [0.15, 0.2) is 5.76 Å². The number of nitrogens with zero attached hydrogens (tertiary/aromatic N) is 1. The van der Waals surface area contributed by atoms with Crippen LogP contribution in [0.4, 0.5) is 0 Å². The van der Waals surface area contributed by atoms with Gasteiger partial charge in [0.05, 0.1) is 0 Å². The van der Waals surface area contributed by atoms with Crippen molar-refractivity contribution >= 4 is 5.97 Å². The predicted molar refractivity (Wildman–Crippen MR) is 65.6 cm³/mol. The molecular weight excluding hydrogens is 230 g/mol. The van der Waals surface area contributed by atoms with Crippen LogP contribution in [0, 0.1) is 6.92 Å². The van der Waals surface area contributed by atoms with E-state index in [1.807, 2.05) is 31.2 Å². The fourth-order valence-electron chi connectivity index (χ4n) is 2.16. The predicted octanol–water partition coefficient (Wildman–Crippen LogP) is 3.23. The first-order valence-electron chi connectivity index (χ1n) is 5.97. The summed E-state index contributed by atoms with van der Waals surface area (Å²) in [7, 11) is 0. The lowest BCUT2D eigenvalue weighted by Crippen LogP contribution is -2.01. The maximum atomic E-state index is 11.4. The lowest BCUT2D eigenvalue weighted by atomic mass is 10.0. The van der Waals surface area contributed by atoms with Gasteiger partial charge in [0.25, 0.3) is 0 Å². The second kappa shape index (κ2) is 3.98. The molecule has 18 heavy (non-hydrogen) atoms. The van der Waals surface area contributed by atoms with E-state index in [0.29, 0.717) is 11.5 Å². The zero-order valence-electron chi connectivity index (χ0n) is 10.0. The van der Waals surface area contributed by atoms with Gasteiger partial charge in [0, 0.05) is 11.5 Å². The largest absolute Gasteiger partial charge is 0.477 e. The van der Waals surface area contributed by atoms with Crippen molar-refractivity contribution in [3.8, 4) is 11.3 Å². The Bertz CT molecular complexity index is 611. The third-order valence-electron chi connectivity index (χ3n) is 3.28. The van der Waals surface area contributed by atoms with Crippen molar-refractivity contribution < 1.29 is 14.4 Å². The Morgan fingerprint density at radius 2 is 2.11 bits per heavy atom. The summed E-state index contributed by atoms with van der Waals surface area (Å²) in [4.78, 5) is 11.4. The molecule has 0 saturated heterocycles. The van der Waals surface area contributed by atoms with Gasteiger partial charge in [-0.15, -0.1) is 0 Å². The van der Waals surface area contributed by atoms with E-state index in [4.69, 9.17) is 4.52 Å². The molecule has 0 atom stereocenters. The van der Waals surface area contributed by atoms with Crippen molar-refractivity contribution in [2.24, 2.45) is 0 Å². The molecule has 2 aromatic rings. The Balaban J connectivity index is 2.18. The molecule has 0 aliphatic heterocycles. The molecule has 0 unspecified atom stereocenters. The number of aromatic carboxylic acids is 1. The molecule has 1 aromatic carbocycles. The SMILES string of the molecule is Cc1ccccc1-c1noc(C2CC2)c1C(=O)O. The van der Waals surface area contributed by atoms with Crippen LogP contribution in [0.2, 0.25) is 0 Å². The minimum Gasteiger partial charge on any atom is -0.477 e. The maximum absolute atomic E-state index is 11.4. The molecule has 4 nitrogen and oxygen atoms in total. The highest BCUT2D eigenvalue weighted by Gasteiger charge is 2.35. The number of hydrogen-bond donors (Lipinski definition) is 1. The van der Waals surface area contributed by atoms with E-state index in [0.717, 1.165) is 24.0 Å². The van der Waals surface area contributed by atoms with E-state index in [1.165, 1.54) is 0 Å². The van der Waals surface area contributed by atoms with Crippen molar-refractivity contribution in [1.82, 2.24) is 5.16 Å². The summed E-state index contributed by atoms with van der Waals surface area (Å²) in [6, 6.07) is 7.60. The van der Waals surface area contributed by atoms with Crippen molar-refractivity contribution in [3.63, 3.8) is 0 Å². The summed E-state index contributed by atoms with van der Waals surface area (Å²) in [5, 5.41) is 13.3. The quantitative estimate of drug-likeness (QED) is 0.898. The number of carboxylic acids is 1. The molecule has 4 heteroatoms. The van der Waals surface area contributed by atoms with E-state index < -0.39 is 5.97 Å². The number of carbonyl (C=O) groups is 1. The molecular formula is C14H13NO3. The van der Waals surface area contributed by atoms with Crippen molar-refractivity contribution in [3.05, 3.63) is 41.2 Å². The van der Waals surface area contributed by atoms with Crippen LogP contribution in [-0.2, 0) is 0 Å². The lowest BCUT2D eigenvalue weighted by molar-refractivity contribution is 0.0695. The smallest absolute Gasteiger partial charge is 0.341 e. The number of rotatable bonds is 3. The molecule has 1 N–H and O–H groups in total. The number of aromatic nitrogens is 1. The van der Waals surface area contributed by atoms with Gasteiger partial charge in [-0.2, -0.15) is 0 Å². The summed E-state index contributed by atoms with van der Waals surface area (Å²) < 4.78 is 5.26. The topological polar surface area (TPSA) is 63.3 Å². The van der Waals surface area contributed by atoms with E-state index in [-0.39, 0.29) is 11.5 Å². The van der Waals surface area contributed by atoms with Gasteiger partial charge in [-0.3, -0.25) is 0 Å². The van der Waals surface area contributed by atoms with Crippen LogP contribution in [0.5, 0.6) is 0 Å². The molecule has 0 radical (unpaired) electrons. The lowest BCUT2D eigenvalue weighted by Gasteiger charge is -2.02. The van der Waals surface area contributed by atoms with E-state index in [2.05, 4.69) is 5.16 Å². The Morgan fingerprint density at radius 3 is 2.72 bits per heavy atom. The molecule has 92 valence electrons. The van der Waals surface area contributed by atoms with Crippen LogP contribution in [0.25, 0.3) is 11.3 Å². The van der Waals surface area contributed by atoms with Crippen molar-refractivity contribution in [1.29, 1.82) is 0 Å². The number of carboxylic acid groups (broad SMARTS) is 1. The normalized spacial score (nSPS) is 14.7. The summed E-state index contributed by atoms with van der Waals surface area (Å²) in [6.07, 6.45) is 1.98. The Kier molecular flexibility index (Phi) is 2.44. The number of hydrogen-bond acceptors (Lipinski definition) is 3. The summed E-state index contributed by atoms with van der Waals surface area (Å²) in [5.74, 6) is -0.196. The second-order valence-corrected chi connectivity index (χ2v) is 4.66. The third kappa shape index (κ3) is 1.70. The Labute approximate surface area is 104 Å². The van der Waals surface area contributed by atoms with E-state index >= 15 is 0 Å². The highest BCUT2D eigenvalue weighted by molar-refractivity contribution is 5.96. The average molecular weight is 243 g/mol. The molecule has 3 rings (SSSR count). The Morgan fingerprint density at radius 1 is 1.39 bits per heavy atom. The average Bonchev–Trinajstić information content (AvgIpc) is 3.09. The molecule has 0 bridgehead atoms. The minimum absolute atomic E-state index is 0.229. The van der Waals surface area contributed by atoms with Gasteiger partial charge >= 0.3 is 5.97 Å². The van der Waals surface area contributed by atoms with Crippen LogP contribution >= 0.6 is 0 Å². The molecule has 1 aliphatic rings. The third-order valence-corrected chi connectivity index (χ3v) is 3.28. The van der Waals surface area contributed by atoms with Crippen LogP contribution < -0.4 is 0 Å². The first-order chi connectivity index (χ1) is 8.68. The first kappa shape index (κ1) is 11.0. The van der Waals surface area contributed by atoms with Crippen LogP contribution in [0.15, 0.2) is 28.8 Å². The fourth-order valence-corrected chi connectivity index (χ4v) is 2.16. The van der Waals surface area contributed by atoms with Crippen LogP contribution in [0.3, 0.4) is 0 Å². The zero-order chi connectivity index (χ0) is 12.7. The van der Waals surface area contributed by atoms with Gasteiger partial charge in [0.1, 0.15) is 11.3 Å². The zero-order valence-corrected chi connectivity index (χ0v) is 10.0. The van der Waals surface area contributed by atoms with Crippen molar-refractivity contribution in [2.45, 2.75) is 25.7 Å². The molecule has 1 aromatic heterocycles. The summed E-state index contributed by atoms with van der Waals surface area (Å²) in [5.41, 5.74) is 2.50. The standard InChI is InChI=1S/C14H13NO3/c1-8-4-2-3-5-10(8)12-11(14(16)17)13(18-15-12)9-6-7-9/h2-5,9H,6-7H2,1H3,(H,16,17). The first-order valence-corrected chi connectivity index (χ1v) is 5.97. The highest BCUT2D eigenvalue weighted by atomic mass is 16.5. The Hall–Kier alpha value is -2.10. The summed E-state index contributed by atoms with van der Waals surface area (Å²) >= 11 is 0. The molecule has 1 heterocycles. The van der Waals surface area contributed by atoms with Gasteiger partial charge in [-0.05, 0) is 25.3 Å². The van der Waals surface area contributed by atoms with Gasteiger partial charge in [-0.1, -0.05) is 29.4 Å². The number of aryl methyl sites for hydroxylation is 1. The number of benzene rings is 1. The molecule has 1 saturated carbocycles. The monoisotopic (exact) mass is 243 g/mol. The van der Waals surface area contributed by atoms with Gasteiger partial charge in [0.2, 0.25) is 0 Å². The molecule has 1 aliphatic carbocycles. The second-order valence-electron chi connectivity index (χ2n) is 4.66. The highest BCUT2D eigenvalue weighted by Crippen LogP contribution is 2.44. The molecule has 0 amide bonds. The van der Waals surface area contributed by atoms with Crippen LogP contribution in [0.1, 0.15) is 40.4 Å². The van der Waals surface area contributed by atoms with Crippen molar-refractivity contribution in [2.75, 3.05) is 0 Å². The van der Waals surface area contributed by atoms with E-state index in [1.54, 1.807) is 0 Å². The summed E-state index contributed by atoms with van der Waals surface area (Å²) in [6.45, 7) is 1.94. The molecule has 1 fully saturated rings. The minimum atomic E-state index is -0.962. The van der Waals surface area contributed by atoms with Gasteiger partial charge < -0.3 is 9.63 Å². The van der Waals surface area contributed by atoms with Gasteiger partial charge in [-0.25, -0.2) is 4.79 Å². The van der Waals surface area contributed by atoms with E-state index in [9.17, 15) is 9.90 Å². The fraction of sp³-hybridized carbons (Fsp3) is 0.286.